The van der Waals surface area contributed by atoms with E-state index in [0.717, 1.165) is 0 Å². The van der Waals surface area contributed by atoms with Crippen LogP contribution >= 0.6 is 0 Å². The number of cyclic esters (lactones) is 1. The van der Waals surface area contributed by atoms with Crippen LogP contribution in [0.15, 0.2) is 59.2 Å². The van der Waals surface area contributed by atoms with Crippen molar-refractivity contribution < 1.29 is 41.0 Å². The molecule has 2 aromatic rings. The van der Waals surface area contributed by atoms with Gasteiger partial charge in [0.2, 0.25) is 5.90 Å². The highest BCUT2D eigenvalue weighted by atomic mass is 19.4. The number of rotatable bonds is 5. The summed E-state index contributed by atoms with van der Waals surface area (Å²) in [6.07, 6.45) is -3.82. The molecule has 0 aliphatic carbocycles. The molecule has 0 atom stereocenters. The average Bonchev–Trinajstić information content (AvgIpc) is 3.01. The van der Waals surface area contributed by atoms with E-state index < -0.39 is 24.7 Å². The topological polar surface area (TPSA) is 77.0 Å². The summed E-state index contributed by atoms with van der Waals surface area (Å²) >= 11 is 0. The minimum Gasteiger partial charge on any atom is -0.435 e. The van der Waals surface area contributed by atoms with Crippen molar-refractivity contribution in [3.8, 4) is 5.75 Å². The van der Waals surface area contributed by atoms with Gasteiger partial charge in [-0.1, -0.05) is 18.2 Å². The molecule has 1 amide bonds. The van der Waals surface area contributed by atoms with Crippen molar-refractivity contribution in [1.82, 2.24) is 0 Å². The SMILES string of the molecule is O=C1OC(c2cccc(OC(F)F)c2)=N/C1=C/c1cccc(NC(=O)C(F)(F)F)c1. The van der Waals surface area contributed by atoms with Crippen molar-refractivity contribution in [3.05, 3.63) is 65.4 Å². The van der Waals surface area contributed by atoms with Gasteiger partial charge in [0.05, 0.1) is 0 Å². The fourth-order valence-corrected chi connectivity index (χ4v) is 2.40. The molecule has 0 unspecified atom stereocenters. The molecular weight excluding hydrogens is 415 g/mol. The first kappa shape index (κ1) is 21.0. The first-order valence-electron chi connectivity index (χ1n) is 8.18. The first-order valence-corrected chi connectivity index (χ1v) is 8.18. The number of esters is 1. The van der Waals surface area contributed by atoms with Crippen LogP contribution in [0.3, 0.4) is 0 Å². The van der Waals surface area contributed by atoms with E-state index in [1.807, 2.05) is 0 Å². The summed E-state index contributed by atoms with van der Waals surface area (Å²) in [6, 6.07) is 10.6. The van der Waals surface area contributed by atoms with Crippen LogP contribution in [0.25, 0.3) is 6.08 Å². The Balaban J connectivity index is 1.83. The number of amides is 1. The minimum absolute atomic E-state index is 0.140. The van der Waals surface area contributed by atoms with Crippen LogP contribution in [-0.2, 0) is 14.3 Å². The molecule has 30 heavy (non-hydrogen) atoms. The normalized spacial score (nSPS) is 15.2. The van der Waals surface area contributed by atoms with E-state index in [0.29, 0.717) is 0 Å². The summed E-state index contributed by atoms with van der Waals surface area (Å²) in [5.74, 6) is -3.31. The second-order valence-electron chi connectivity index (χ2n) is 5.82. The number of hydrogen-bond acceptors (Lipinski definition) is 5. The van der Waals surface area contributed by atoms with Gasteiger partial charge in [-0.3, -0.25) is 4.79 Å². The van der Waals surface area contributed by atoms with Gasteiger partial charge < -0.3 is 14.8 Å². The van der Waals surface area contributed by atoms with Gasteiger partial charge in [-0.25, -0.2) is 9.79 Å². The Kier molecular flexibility index (Phi) is 5.81. The van der Waals surface area contributed by atoms with Gasteiger partial charge in [-0.2, -0.15) is 22.0 Å². The standard InChI is InChI=1S/C19H11F5N2O4/c20-18(21)29-13-6-2-4-11(9-13)15-26-14(16(27)30-15)8-10-3-1-5-12(7-10)25-17(28)19(22,23)24/h1-9,18H,(H,25,28)/b14-8+. The number of ether oxygens (including phenoxy) is 2. The molecule has 156 valence electrons. The zero-order valence-corrected chi connectivity index (χ0v) is 14.7. The third-order valence-electron chi connectivity index (χ3n) is 3.63. The lowest BCUT2D eigenvalue weighted by atomic mass is 10.1. The van der Waals surface area contributed by atoms with E-state index in [1.54, 1.807) is 5.32 Å². The van der Waals surface area contributed by atoms with Gasteiger partial charge >= 0.3 is 24.7 Å². The number of hydrogen-bond donors (Lipinski definition) is 1. The van der Waals surface area contributed by atoms with Gasteiger partial charge in [0.25, 0.3) is 0 Å². The number of carbonyl (C=O) groups is 2. The van der Waals surface area contributed by atoms with E-state index in [9.17, 15) is 31.5 Å². The molecule has 0 aromatic heterocycles. The maximum absolute atomic E-state index is 12.4. The maximum atomic E-state index is 12.4. The number of anilines is 1. The van der Waals surface area contributed by atoms with Crippen molar-refractivity contribution in [3.63, 3.8) is 0 Å². The smallest absolute Gasteiger partial charge is 0.435 e. The highest BCUT2D eigenvalue weighted by Crippen LogP contribution is 2.24. The number of halogens is 5. The predicted octanol–water partition coefficient (Wildman–Crippen LogP) is 4.13. The lowest BCUT2D eigenvalue weighted by molar-refractivity contribution is -0.167. The number of aliphatic imine (C=N–C) groups is 1. The molecule has 1 N–H and O–H groups in total. The molecule has 11 heteroatoms. The third-order valence-corrected chi connectivity index (χ3v) is 3.63. The predicted molar refractivity (Wildman–Crippen MR) is 94.8 cm³/mol. The van der Waals surface area contributed by atoms with Crippen LogP contribution in [0, 0.1) is 0 Å². The van der Waals surface area contributed by atoms with Gasteiger partial charge in [-0.15, -0.1) is 0 Å². The van der Waals surface area contributed by atoms with Crippen LogP contribution < -0.4 is 10.1 Å². The first-order chi connectivity index (χ1) is 14.1. The number of benzene rings is 2. The van der Waals surface area contributed by atoms with Crippen LogP contribution in [0.1, 0.15) is 11.1 Å². The lowest BCUT2D eigenvalue weighted by Gasteiger charge is -2.08. The average molecular weight is 426 g/mol. The van der Waals surface area contributed by atoms with E-state index in [1.165, 1.54) is 54.6 Å². The Hall–Kier alpha value is -3.76. The number of alkyl halides is 5. The molecule has 2 aromatic carbocycles. The second kappa shape index (κ2) is 8.31. The Morgan fingerprint density at radius 3 is 2.57 bits per heavy atom. The quantitative estimate of drug-likeness (QED) is 0.443. The number of carbonyl (C=O) groups excluding carboxylic acids is 2. The molecule has 0 bridgehead atoms. The van der Waals surface area contributed by atoms with Gasteiger partial charge in [0.15, 0.2) is 5.70 Å². The fraction of sp³-hybridized carbons (Fsp3) is 0.105. The summed E-state index contributed by atoms with van der Waals surface area (Å²) < 4.78 is 71.1. The summed E-state index contributed by atoms with van der Waals surface area (Å²) in [7, 11) is 0. The summed E-state index contributed by atoms with van der Waals surface area (Å²) in [5, 5.41) is 1.69. The van der Waals surface area contributed by atoms with Crippen molar-refractivity contribution in [1.29, 1.82) is 0 Å². The Bertz CT molecular complexity index is 1050. The van der Waals surface area contributed by atoms with Gasteiger partial charge in [-0.05, 0) is 42.0 Å². The van der Waals surface area contributed by atoms with Gasteiger partial charge in [0.1, 0.15) is 5.75 Å². The van der Waals surface area contributed by atoms with E-state index >= 15 is 0 Å². The monoisotopic (exact) mass is 426 g/mol. The summed E-state index contributed by atoms with van der Waals surface area (Å²) in [5.41, 5.74) is 0.154. The van der Waals surface area contributed by atoms with Crippen LogP contribution in [0.4, 0.5) is 27.6 Å². The molecule has 0 saturated heterocycles. The van der Waals surface area contributed by atoms with Crippen molar-refractivity contribution in [2.75, 3.05) is 5.32 Å². The second-order valence-corrected chi connectivity index (χ2v) is 5.82. The summed E-state index contributed by atoms with van der Waals surface area (Å²) in [6.45, 7) is -3.03. The van der Waals surface area contributed by atoms with Crippen LogP contribution in [0.2, 0.25) is 0 Å². The molecular formula is C19H11F5N2O4. The van der Waals surface area contributed by atoms with Crippen molar-refractivity contribution in [2.24, 2.45) is 4.99 Å². The summed E-state index contributed by atoms with van der Waals surface area (Å²) in [4.78, 5) is 27.1. The highest BCUT2D eigenvalue weighted by molar-refractivity contribution is 6.13. The highest BCUT2D eigenvalue weighted by Gasteiger charge is 2.38. The van der Waals surface area contributed by atoms with Crippen LogP contribution in [0.5, 0.6) is 5.75 Å². The number of nitrogens with one attached hydrogen (secondary N) is 1. The van der Waals surface area contributed by atoms with E-state index in [4.69, 9.17) is 4.74 Å². The molecule has 1 aliphatic heterocycles. The molecule has 0 fully saturated rings. The van der Waals surface area contributed by atoms with Crippen molar-refractivity contribution in [2.45, 2.75) is 12.8 Å². The molecule has 0 radical (unpaired) electrons. The Morgan fingerprint density at radius 2 is 1.87 bits per heavy atom. The Morgan fingerprint density at radius 1 is 1.13 bits per heavy atom. The van der Waals surface area contributed by atoms with Crippen molar-refractivity contribution >= 4 is 29.5 Å². The maximum Gasteiger partial charge on any atom is 0.471 e. The molecule has 1 aliphatic rings. The van der Waals surface area contributed by atoms with Gasteiger partial charge in [0, 0.05) is 11.3 Å². The molecule has 1 heterocycles. The largest absolute Gasteiger partial charge is 0.471 e. The van der Waals surface area contributed by atoms with Crippen LogP contribution in [-0.4, -0.2) is 30.6 Å². The van der Waals surface area contributed by atoms with E-state index in [2.05, 4.69) is 9.73 Å². The Labute approximate surface area is 165 Å². The molecule has 3 rings (SSSR count). The minimum atomic E-state index is -5.05. The molecule has 6 nitrogen and oxygen atoms in total. The zero-order valence-electron chi connectivity index (χ0n) is 14.7. The van der Waals surface area contributed by atoms with E-state index in [-0.39, 0.29) is 34.2 Å². The number of nitrogens with zero attached hydrogens (tertiary/aromatic N) is 1. The zero-order chi connectivity index (χ0) is 21.9. The fourth-order valence-electron chi connectivity index (χ4n) is 2.40. The molecule has 0 spiro atoms. The lowest BCUT2D eigenvalue weighted by Crippen LogP contribution is -2.29. The molecule has 0 saturated carbocycles. The third kappa shape index (κ3) is 5.19.